The van der Waals surface area contributed by atoms with E-state index >= 15 is 0 Å². The minimum atomic E-state index is -0.498. The number of pyridine rings is 1. The predicted molar refractivity (Wildman–Crippen MR) is 176 cm³/mol. The van der Waals surface area contributed by atoms with E-state index in [0.29, 0.717) is 53.8 Å². The highest BCUT2D eigenvalue weighted by atomic mass is 16.5. The monoisotopic (exact) mass is 636 g/mol. The molecule has 3 aromatic rings. The number of nitrogens with one attached hydrogen (secondary N) is 2. The topological polar surface area (TPSA) is 142 Å². The van der Waals surface area contributed by atoms with Gasteiger partial charge in [-0.25, -0.2) is 4.79 Å². The lowest BCUT2D eigenvalue weighted by molar-refractivity contribution is -0.0177. The zero-order valence-corrected chi connectivity index (χ0v) is 27.8. The minimum Gasteiger partial charge on any atom is -0.490 e. The van der Waals surface area contributed by atoms with Gasteiger partial charge >= 0.3 is 6.03 Å². The number of likely N-dealkylation sites (N-methyl/N-ethyl adjacent to an activating group) is 1. The maximum atomic E-state index is 14.3. The van der Waals surface area contributed by atoms with Crippen LogP contribution in [-0.2, 0) is 11.3 Å². The van der Waals surface area contributed by atoms with Crippen LogP contribution in [0.4, 0.5) is 16.2 Å². The first-order valence-corrected chi connectivity index (χ1v) is 16.0. The van der Waals surface area contributed by atoms with Crippen molar-refractivity contribution in [2.75, 3.05) is 44.0 Å². The lowest BCUT2D eigenvalue weighted by atomic mass is 10.0. The molecule has 3 N–H and O–H groups in total. The van der Waals surface area contributed by atoms with Crippen LogP contribution in [0.1, 0.15) is 67.4 Å². The number of nitrogens with zero attached hydrogens (tertiary/aromatic N) is 4. The Morgan fingerprint density at radius 1 is 1.15 bits per heavy atom. The second kappa shape index (κ2) is 16.5. The third kappa shape index (κ3) is 9.51. The molecule has 0 saturated heterocycles. The maximum Gasteiger partial charge on any atom is 0.323 e. The number of fused-ring (bicyclic) bond motifs is 1. The number of amides is 3. The SMILES string of the molecule is Cc1noc(C)c1NC(=O)Nc1ccc2c(c1)C(=O)N([C@@H](C)CO)C[C@@H](C)[C@@H](CN(C)Cc1ccncc1)OCCCC[C@@H](C)O2. The summed E-state index contributed by atoms with van der Waals surface area (Å²) in [7, 11) is 2.06. The zero-order valence-electron chi connectivity index (χ0n) is 27.8. The van der Waals surface area contributed by atoms with E-state index in [1.165, 1.54) is 0 Å². The van der Waals surface area contributed by atoms with Crippen LogP contribution >= 0.6 is 0 Å². The first kappa shape index (κ1) is 34.9. The van der Waals surface area contributed by atoms with Gasteiger partial charge < -0.3 is 34.6 Å². The van der Waals surface area contributed by atoms with Crippen molar-refractivity contribution < 1.29 is 28.7 Å². The molecule has 0 fully saturated rings. The van der Waals surface area contributed by atoms with Crippen LogP contribution in [0.15, 0.2) is 47.2 Å². The molecule has 0 bridgehead atoms. The average Bonchev–Trinajstić information content (AvgIpc) is 3.34. The van der Waals surface area contributed by atoms with Gasteiger partial charge in [-0.05, 0) is 89.9 Å². The standard InChI is InChI=1S/C34H48N6O6/c1-22-18-40(23(2)21-41)33(42)29-17-28(36-34(43)37-32-25(4)38-46-26(32)5)10-11-30(29)45-24(3)9-7-8-16-44-31(22)20-39(6)19-27-12-14-35-15-13-27/h10-15,17,22-24,31,41H,7-9,16,18-21H2,1-6H3,(H2,36,37,43)/t22-,23+,24-,31-/m1/s1. The van der Waals surface area contributed by atoms with Crippen molar-refractivity contribution in [3.8, 4) is 5.75 Å². The Kier molecular flexibility index (Phi) is 12.5. The molecule has 0 saturated carbocycles. The summed E-state index contributed by atoms with van der Waals surface area (Å²) in [4.78, 5) is 35.2. The minimum absolute atomic E-state index is 0.0498. The number of hydrogen-bond acceptors (Lipinski definition) is 9. The highest BCUT2D eigenvalue weighted by Crippen LogP contribution is 2.29. The summed E-state index contributed by atoms with van der Waals surface area (Å²) < 4.78 is 17.9. The van der Waals surface area contributed by atoms with E-state index in [1.807, 2.05) is 26.0 Å². The second-order valence-electron chi connectivity index (χ2n) is 12.3. The van der Waals surface area contributed by atoms with Gasteiger partial charge in [0.2, 0.25) is 0 Å². The molecule has 3 amide bonds. The summed E-state index contributed by atoms with van der Waals surface area (Å²) in [5.41, 5.74) is 2.93. The van der Waals surface area contributed by atoms with Crippen molar-refractivity contribution in [1.82, 2.24) is 19.9 Å². The number of carbonyl (C=O) groups excluding carboxylic acids is 2. The molecular weight excluding hydrogens is 588 g/mol. The Morgan fingerprint density at radius 2 is 1.91 bits per heavy atom. The molecule has 3 heterocycles. The third-order valence-electron chi connectivity index (χ3n) is 8.27. The lowest BCUT2D eigenvalue weighted by Crippen LogP contribution is -2.47. The number of benzene rings is 1. The second-order valence-corrected chi connectivity index (χ2v) is 12.3. The van der Waals surface area contributed by atoms with Crippen molar-refractivity contribution in [3.05, 3.63) is 65.3 Å². The van der Waals surface area contributed by atoms with E-state index in [4.69, 9.17) is 14.0 Å². The van der Waals surface area contributed by atoms with Crippen molar-refractivity contribution in [1.29, 1.82) is 0 Å². The predicted octanol–water partition coefficient (Wildman–Crippen LogP) is 5.26. The van der Waals surface area contributed by atoms with Gasteiger partial charge in [-0.3, -0.25) is 14.7 Å². The smallest absolute Gasteiger partial charge is 0.323 e. The molecule has 0 spiro atoms. The van der Waals surface area contributed by atoms with Crippen LogP contribution in [-0.4, -0.2) is 88.6 Å². The van der Waals surface area contributed by atoms with Crippen LogP contribution in [0.5, 0.6) is 5.75 Å². The number of urea groups is 1. The third-order valence-corrected chi connectivity index (χ3v) is 8.27. The quantitative estimate of drug-likeness (QED) is 0.302. The number of aliphatic hydroxyl groups excluding tert-OH is 1. The fraction of sp³-hybridized carbons (Fsp3) is 0.529. The van der Waals surface area contributed by atoms with Crippen LogP contribution < -0.4 is 15.4 Å². The van der Waals surface area contributed by atoms with E-state index in [1.54, 1.807) is 49.3 Å². The van der Waals surface area contributed by atoms with Crippen molar-refractivity contribution in [3.63, 3.8) is 0 Å². The summed E-state index contributed by atoms with van der Waals surface area (Å²) >= 11 is 0. The fourth-order valence-corrected chi connectivity index (χ4v) is 5.57. The number of anilines is 2. The molecule has 12 heteroatoms. The van der Waals surface area contributed by atoms with Crippen LogP contribution in [0, 0.1) is 19.8 Å². The van der Waals surface area contributed by atoms with Gasteiger partial charge in [-0.15, -0.1) is 0 Å². The average molecular weight is 637 g/mol. The van der Waals surface area contributed by atoms with Gasteiger partial charge in [0.25, 0.3) is 5.91 Å². The van der Waals surface area contributed by atoms with E-state index < -0.39 is 12.1 Å². The Labute approximate surface area is 271 Å². The fourth-order valence-electron chi connectivity index (χ4n) is 5.57. The molecule has 0 unspecified atom stereocenters. The molecule has 1 aliphatic heterocycles. The molecule has 46 heavy (non-hydrogen) atoms. The van der Waals surface area contributed by atoms with E-state index in [-0.39, 0.29) is 30.6 Å². The number of aryl methyl sites for hydroxylation is 2. The van der Waals surface area contributed by atoms with Crippen molar-refractivity contribution in [2.24, 2.45) is 5.92 Å². The first-order chi connectivity index (χ1) is 22.0. The first-order valence-electron chi connectivity index (χ1n) is 16.0. The van der Waals surface area contributed by atoms with Crippen molar-refractivity contribution >= 4 is 23.3 Å². The van der Waals surface area contributed by atoms with E-state index in [2.05, 4.69) is 39.6 Å². The van der Waals surface area contributed by atoms with E-state index in [0.717, 1.165) is 31.4 Å². The highest BCUT2D eigenvalue weighted by molar-refractivity contribution is 6.03. The molecule has 1 aromatic carbocycles. The van der Waals surface area contributed by atoms with Crippen LogP contribution in [0.2, 0.25) is 0 Å². The number of hydrogen-bond donors (Lipinski definition) is 3. The number of aromatic nitrogens is 2. The van der Waals surface area contributed by atoms with Crippen molar-refractivity contribution in [2.45, 2.75) is 78.7 Å². The summed E-state index contributed by atoms with van der Waals surface area (Å²) in [6, 6.07) is 8.08. The summed E-state index contributed by atoms with van der Waals surface area (Å²) in [6.07, 6.45) is 5.86. The molecule has 4 atom stereocenters. The van der Waals surface area contributed by atoms with E-state index in [9.17, 15) is 14.7 Å². The highest BCUT2D eigenvalue weighted by Gasteiger charge is 2.30. The molecule has 1 aliphatic rings. The summed E-state index contributed by atoms with van der Waals surface area (Å²) in [5.74, 6) is 0.569. The molecule has 12 nitrogen and oxygen atoms in total. The normalized spacial score (nSPS) is 20.4. The molecule has 4 rings (SSSR count). The Balaban J connectivity index is 1.60. The lowest BCUT2D eigenvalue weighted by Gasteiger charge is -2.36. The molecular formula is C34H48N6O6. The number of aliphatic hydroxyl groups is 1. The largest absolute Gasteiger partial charge is 0.490 e. The Bertz CT molecular complexity index is 1410. The number of ether oxygens (including phenoxy) is 2. The zero-order chi connectivity index (χ0) is 33.2. The Morgan fingerprint density at radius 3 is 2.61 bits per heavy atom. The maximum absolute atomic E-state index is 14.3. The molecule has 0 radical (unpaired) electrons. The molecule has 0 aliphatic carbocycles. The van der Waals surface area contributed by atoms with Gasteiger partial charge in [0.05, 0.1) is 30.4 Å². The van der Waals surface area contributed by atoms with Gasteiger partial charge in [-0.1, -0.05) is 12.1 Å². The Hall–Kier alpha value is -4.00. The number of carbonyl (C=O) groups is 2. The molecule has 250 valence electrons. The van der Waals surface area contributed by atoms with Crippen LogP contribution in [0.25, 0.3) is 0 Å². The summed E-state index contributed by atoms with van der Waals surface area (Å²) in [6.45, 7) is 11.5. The summed E-state index contributed by atoms with van der Waals surface area (Å²) in [5, 5.41) is 19.7. The van der Waals surface area contributed by atoms with Crippen LogP contribution in [0.3, 0.4) is 0 Å². The van der Waals surface area contributed by atoms with Gasteiger partial charge in [0.15, 0.2) is 5.76 Å². The van der Waals surface area contributed by atoms with Gasteiger partial charge in [0.1, 0.15) is 17.1 Å². The molecule has 2 aromatic heterocycles. The van der Waals surface area contributed by atoms with Gasteiger partial charge in [-0.2, -0.15) is 0 Å². The van der Waals surface area contributed by atoms with Gasteiger partial charge in [0, 0.05) is 50.2 Å². The number of rotatable bonds is 8.